The van der Waals surface area contributed by atoms with Crippen molar-refractivity contribution in [3.05, 3.63) is 132 Å². The van der Waals surface area contributed by atoms with Gasteiger partial charge >= 0.3 is 0 Å². The molecule has 0 radical (unpaired) electrons. The van der Waals surface area contributed by atoms with Crippen LogP contribution in [0.25, 0.3) is 33.8 Å². The van der Waals surface area contributed by atoms with Crippen molar-refractivity contribution in [2.24, 2.45) is 0 Å². The van der Waals surface area contributed by atoms with Crippen molar-refractivity contribution in [2.75, 3.05) is 7.05 Å². The van der Waals surface area contributed by atoms with Crippen LogP contribution in [0.15, 0.2) is 109 Å². The predicted octanol–water partition coefficient (Wildman–Crippen LogP) is 7.32. The molecule has 0 atom stereocenters. The topological polar surface area (TPSA) is 7.94 Å². The molecular weight excluding hydrogens is 412 g/mol. The number of rotatable bonds is 4. The van der Waals surface area contributed by atoms with Crippen LogP contribution in [0.1, 0.15) is 29.3 Å². The van der Waals surface area contributed by atoms with Crippen LogP contribution in [-0.2, 0) is 6.54 Å². The number of hydrogen-bond acceptors (Lipinski definition) is 0. The number of benzene rings is 4. The van der Waals surface area contributed by atoms with E-state index in [4.69, 9.17) is 0 Å². The van der Waals surface area contributed by atoms with Gasteiger partial charge in [0.15, 0.2) is 0 Å². The first-order valence-corrected chi connectivity index (χ1v) is 11.9. The lowest BCUT2D eigenvalue weighted by molar-refractivity contribution is -0.389. The second-order valence-electron chi connectivity index (χ2n) is 8.74. The van der Waals surface area contributed by atoms with E-state index in [0.717, 1.165) is 6.54 Å². The van der Waals surface area contributed by atoms with Gasteiger partial charge in [-0.25, -0.2) is 0 Å². The second kappa shape index (κ2) is 8.31. The van der Waals surface area contributed by atoms with Gasteiger partial charge in [-0.2, -0.15) is 4.58 Å². The SMILES string of the molecule is CCn1c(/C=C2/c3ccccc3C(c3ccccc3)=[N+]2C)c2ccccc2c1-c1ccccc1. The summed E-state index contributed by atoms with van der Waals surface area (Å²) >= 11 is 0. The molecule has 164 valence electrons. The summed E-state index contributed by atoms with van der Waals surface area (Å²) in [6.45, 7) is 3.14. The highest BCUT2D eigenvalue weighted by molar-refractivity contribution is 6.16. The van der Waals surface area contributed by atoms with Crippen LogP contribution in [0.5, 0.6) is 0 Å². The van der Waals surface area contributed by atoms with Gasteiger partial charge in [0, 0.05) is 29.0 Å². The third kappa shape index (κ3) is 3.14. The fraction of sp³-hybridized carbons (Fsp3) is 0.0938. The van der Waals surface area contributed by atoms with Crippen LogP contribution in [0.2, 0.25) is 0 Å². The highest BCUT2D eigenvalue weighted by Crippen LogP contribution is 2.38. The van der Waals surface area contributed by atoms with Crippen LogP contribution in [-0.4, -0.2) is 21.9 Å². The van der Waals surface area contributed by atoms with Gasteiger partial charge < -0.3 is 4.57 Å². The Morgan fingerprint density at radius 3 is 1.88 bits per heavy atom. The second-order valence-corrected chi connectivity index (χ2v) is 8.74. The van der Waals surface area contributed by atoms with Gasteiger partial charge in [0.05, 0.1) is 22.5 Å². The molecule has 1 aromatic heterocycles. The van der Waals surface area contributed by atoms with E-state index in [1.165, 1.54) is 55.8 Å². The molecule has 2 heterocycles. The Morgan fingerprint density at radius 2 is 1.21 bits per heavy atom. The van der Waals surface area contributed by atoms with E-state index in [2.05, 4.69) is 138 Å². The standard InChI is InChI=1S/C32H27N2/c1-3-34-30(26-19-11-13-21-28(26)32(34)24-16-8-5-9-17-24)22-29-25-18-10-12-20-27(25)31(33(29)2)23-14-6-4-7-15-23/h4-22H,3H2,1-2H3/q+1. The van der Waals surface area contributed by atoms with Gasteiger partial charge in [-0.15, -0.1) is 0 Å². The average molecular weight is 440 g/mol. The lowest BCUT2D eigenvalue weighted by Crippen LogP contribution is -2.11. The molecule has 0 aliphatic carbocycles. The lowest BCUT2D eigenvalue weighted by Gasteiger charge is -2.10. The zero-order chi connectivity index (χ0) is 23.1. The van der Waals surface area contributed by atoms with Gasteiger partial charge in [0.1, 0.15) is 7.05 Å². The van der Waals surface area contributed by atoms with Gasteiger partial charge in [-0.05, 0) is 36.8 Å². The van der Waals surface area contributed by atoms with Crippen molar-refractivity contribution in [2.45, 2.75) is 13.5 Å². The van der Waals surface area contributed by atoms with Crippen molar-refractivity contribution in [1.29, 1.82) is 0 Å². The molecule has 5 aromatic rings. The molecule has 0 spiro atoms. The fourth-order valence-electron chi connectivity index (χ4n) is 5.36. The molecule has 0 fully saturated rings. The Hall–Kier alpha value is -4.17. The third-order valence-corrected chi connectivity index (χ3v) is 6.86. The predicted molar refractivity (Wildman–Crippen MR) is 143 cm³/mol. The first-order valence-electron chi connectivity index (χ1n) is 11.9. The molecule has 2 nitrogen and oxygen atoms in total. The van der Waals surface area contributed by atoms with Crippen LogP contribution < -0.4 is 0 Å². The zero-order valence-electron chi connectivity index (χ0n) is 19.6. The quantitative estimate of drug-likeness (QED) is 0.259. The normalized spacial score (nSPS) is 14.2. The van der Waals surface area contributed by atoms with Gasteiger partial charge in [-0.1, -0.05) is 84.9 Å². The van der Waals surface area contributed by atoms with Gasteiger partial charge in [0.2, 0.25) is 11.4 Å². The van der Waals surface area contributed by atoms with Crippen molar-refractivity contribution < 1.29 is 4.58 Å². The van der Waals surface area contributed by atoms with Crippen molar-refractivity contribution in [3.63, 3.8) is 0 Å². The van der Waals surface area contributed by atoms with E-state index < -0.39 is 0 Å². The first-order chi connectivity index (χ1) is 16.8. The maximum Gasteiger partial charge on any atom is 0.220 e. The molecule has 1 aliphatic rings. The van der Waals surface area contributed by atoms with Crippen molar-refractivity contribution in [1.82, 2.24) is 4.57 Å². The molecule has 0 saturated carbocycles. The van der Waals surface area contributed by atoms with E-state index >= 15 is 0 Å². The summed E-state index contributed by atoms with van der Waals surface area (Å²) < 4.78 is 4.81. The fourth-order valence-corrected chi connectivity index (χ4v) is 5.36. The number of aromatic nitrogens is 1. The molecule has 34 heavy (non-hydrogen) atoms. The smallest absolute Gasteiger partial charge is 0.220 e. The average Bonchev–Trinajstić information content (AvgIpc) is 3.37. The molecule has 0 saturated heterocycles. The minimum atomic E-state index is 0.901. The Bertz CT molecular complexity index is 1570. The summed E-state index contributed by atoms with van der Waals surface area (Å²) in [4.78, 5) is 0. The third-order valence-electron chi connectivity index (χ3n) is 6.86. The van der Waals surface area contributed by atoms with Crippen LogP contribution in [0.3, 0.4) is 0 Å². The summed E-state index contributed by atoms with van der Waals surface area (Å²) in [7, 11) is 2.19. The zero-order valence-corrected chi connectivity index (χ0v) is 19.6. The van der Waals surface area contributed by atoms with Crippen LogP contribution >= 0.6 is 0 Å². The summed E-state index contributed by atoms with van der Waals surface area (Å²) in [6, 6.07) is 39.0. The minimum Gasteiger partial charge on any atom is -0.340 e. The van der Waals surface area contributed by atoms with E-state index in [1.54, 1.807) is 0 Å². The molecule has 4 aromatic carbocycles. The van der Waals surface area contributed by atoms with E-state index in [9.17, 15) is 0 Å². The van der Waals surface area contributed by atoms with E-state index in [0.29, 0.717) is 0 Å². The van der Waals surface area contributed by atoms with Crippen LogP contribution in [0.4, 0.5) is 0 Å². The van der Waals surface area contributed by atoms with Gasteiger partial charge in [-0.3, -0.25) is 0 Å². The number of fused-ring (bicyclic) bond motifs is 2. The maximum absolute atomic E-state index is 2.46. The molecule has 0 N–H and O–H groups in total. The molecule has 0 bridgehead atoms. The molecule has 2 heteroatoms. The van der Waals surface area contributed by atoms with Gasteiger partial charge in [0.25, 0.3) is 0 Å². The number of hydrogen-bond donors (Lipinski definition) is 0. The maximum atomic E-state index is 2.46. The lowest BCUT2D eigenvalue weighted by atomic mass is 9.99. The highest BCUT2D eigenvalue weighted by Gasteiger charge is 2.33. The van der Waals surface area contributed by atoms with E-state index in [1.807, 2.05) is 0 Å². The van der Waals surface area contributed by atoms with Crippen LogP contribution in [0, 0.1) is 0 Å². The molecule has 0 unspecified atom stereocenters. The molecule has 0 amide bonds. The Labute approximate surface area is 200 Å². The molecule has 1 aliphatic heterocycles. The largest absolute Gasteiger partial charge is 0.340 e. The summed E-state index contributed by atoms with van der Waals surface area (Å²) in [5, 5.41) is 2.58. The Kier molecular flexibility index (Phi) is 5.00. The Morgan fingerprint density at radius 1 is 0.647 bits per heavy atom. The van der Waals surface area contributed by atoms with Crippen molar-refractivity contribution in [3.8, 4) is 11.3 Å². The summed E-state index contributed by atoms with van der Waals surface area (Å²) in [5.74, 6) is 0. The minimum absolute atomic E-state index is 0.901. The van der Waals surface area contributed by atoms with E-state index in [-0.39, 0.29) is 0 Å². The Balaban J connectivity index is 1.65. The number of nitrogens with zero attached hydrogens (tertiary/aromatic N) is 2. The monoisotopic (exact) mass is 439 g/mol. The van der Waals surface area contributed by atoms with Crippen molar-refractivity contribution >= 4 is 28.3 Å². The highest BCUT2D eigenvalue weighted by atomic mass is 15.0. The molecular formula is C32H27N2+. The first kappa shape index (κ1) is 20.4. The summed E-state index contributed by atoms with van der Waals surface area (Å²) in [6.07, 6.45) is 2.38. The summed E-state index contributed by atoms with van der Waals surface area (Å²) in [5.41, 5.74) is 10.1. The molecule has 6 rings (SSSR count).